The highest BCUT2D eigenvalue weighted by Crippen LogP contribution is 2.32. The highest BCUT2D eigenvalue weighted by atomic mass is 19.3. The molecule has 2 aromatic carbocycles. The second-order valence-electron chi connectivity index (χ2n) is 4.32. The van der Waals surface area contributed by atoms with E-state index in [0.717, 1.165) is 11.1 Å². The molecule has 0 fully saturated rings. The molecule has 0 spiro atoms. The molecule has 20 heavy (non-hydrogen) atoms. The fourth-order valence-corrected chi connectivity index (χ4v) is 1.81. The number of aliphatic hydroxyl groups is 1. The lowest BCUT2D eigenvalue weighted by Gasteiger charge is -2.18. The van der Waals surface area contributed by atoms with Crippen molar-refractivity contribution in [1.82, 2.24) is 0 Å². The van der Waals surface area contributed by atoms with Crippen LogP contribution in [-0.4, -0.2) is 22.1 Å². The van der Waals surface area contributed by atoms with Crippen molar-refractivity contribution in [2.45, 2.75) is 12.0 Å². The Morgan fingerprint density at radius 2 is 1.45 bits per heavy atom. The Morgan fingerprint density at radius 1 is 0.950 bits per heavy atom. The van der Waals surface area contributed by atoms with E-state index in [2.05, 4.69) is 0 Å². The first-order valence-electron chi connectivity index (χ1n) is 5.87. The zero-order valence-corrected chi connectivity index (χ0v) is 10.3. The number of benzene rings is 2. The lowest BCUT2D eigenvalue weighted by Crippen LogP contribution is -2.35. The average Bonchev–Trinajstić information content (AvgIpc) is 2.47. The summed E-state index contributed by atoms with van der Waals surface area (Å²) in [6, 6.07) is 15.0. The van der Waals surface area contributed by atoms with E-state index in [-0.39, 0.29) is 5.56 Å². The molecule has 2 N–H and O–H groups in total. The largest absolute Gasteiger partial charge is 0.477 e. The number of hydrogen-bond donors (Lipinski definition) is 2. The van der Waals surface area contributed by atoms with Gasteiger partial charge in [-0.3, -0.25) is 0 Å². The van der Waals surface area contributed by atoms with Crippen molar-refractivity contribution in [3.05, 3.63) is 60.2 Å². The Hall–Kier alpha value is -2.27. The first-order valence-corrected chi connectivity index (χ1v) is 5.87. The molecule has 0 aliphatic carbocycles. The summed E-state index contributed by atoms with van der Waals surface area (Å²) in [7, 11) is 0. The normalized spacial score (nSPS) is 12.9. The zero-order chi connectivity index (χ0) is 14.8. The van der Waals surface area contributed by atoms with Crippen molar-refractivity contribution in [2.24, 2.45) is 0 Å². The summed E-state index contributed by atoms with van der Waals surface area (Å²) in [6.07, 6.45) is -2.37. The zero-order valence-electron chi connectivity index (χ0n) is 10.3. The number of carbonyl (C=O) groups is 1. The molecule has 2 rings (SSSR count). The quantitative estimate of drug-likeness (QED) is 0.903. The van der Waals surface area contributed by atoms with E-state index in [9.17, 15) is 18.7 Å². The number of hydrogen-bond acceptors (Lipinski definition) is 2. The van der Waals surface area contributed by atoms with E-state index < -0.39 is 18.0 Å². The second kappa shape index (κ2) is 5.38. The third-order valence-electron chi connectivity index (χ3n) is 2.96. The fraction of sp³-hybridized carbons (Fsp3) is 0.133. The lowest BCUT2D eigenvalue weighted by atomic mass is 9.99. The molecule has 0 bridgehead atoms. The summed E-state index contributed by atoms with van der Waals surface area (Å²) in [5, 5.41) is 17.8. The summed E-state index contributed by atoms with van der Waals surface area (Å²) < 4.78 is 26.4. The van der Waals surface area contributed by atoms with E-state index in [0.29, 0.717) is 0 Å². The van der Waals surface area contributed by atoms with Crippen LogP contribution in [0.25, 0.3) is 11.1 Å². The van der Waals surface area contributed by atoms with Crippen LogP contribution in [0.5, 0.6) is 0 Å². The van der Waals surface area contributed by atoms with Crippen LogP contribution in [0.4, 0.5) is 8.78 Å². The molecule has 1 atom stereocenters. The summed E-state index contributed by atoms with van der Waals surface area (Å²) in [5.41, 5.74) is 1.55. The molecule has 0 saturated heterocycles. The van der Waals surface area contributed by atoms with E-state index >= 15 is 0 Å². The van der Waals surface area contributed by atoms with Crippen LogP contribution < -0.4 is 0 Å². The maximum absolute atomic E-state index is 13.2. The Bertz CT molecular complexity index is 594. The van der Waals surface area contributed by atoms with Crippen molar-refractivity contribution in [3.8, 4) is 11.1 Å². The van der Waals surface area contributed by atoms with Gasteiger partial charge in [0.25, 0.3) is 0 Å². The van der Waals surface area contributed by atoms with Crippen molar-refractivity contribution in [3.63, 3.8) is 0 Å². The number of halogens is 2. The van der Waals surface area contributed by atoms with Gasteiger partial charge in [-0.25, -0.2) is 4.79 Å². The molecule has 1 unspecified atom stereocenters. The molecular weight excluding hydrogens is 266 g/mol. The van der Waals surface area contributed by atoms with Crippen LogP contribution in [0.2, 0.25) is 0 Å². The van der Waals surface area contributed by atoms with Crippen LogP contribution in [0.15, 0.2) is 54.6 Å². The molecule has 0 aliphatic rings. The van der Waals surface area contributed by atoms with Gasteiger partial charge in [0.05, 0.1) is 0 Å². The predicted molar refractivity (Wildman–Crippen MR) is 69.4 cm³/mol. The molecule has 2 aromatic rings. The number of aliphatic hydroxyl groups excluding tert-OH is 1. The first-order chi connectivity index (χ1) is 9.43. The minimum atomic E-state index is -4.21. The Kier molecular flexibility index (Phi) is 3.81. The number of carboxylic acid groups (broad SMARTS) is 1. The van der Waals surface area contributed by atoms with Gasteiger partial charge in [-0.1, -0.05) is 54.6 Å². The van der Waals surface area contributed by atoms with Crippen LogP contribution in [0, 0.1) is 0 Å². The lowest BCUT2D eigenvalue weighted by molar-refractivity contribution is -0.182. The topological polar surface area (TPSA) is 57.5 Å². The van der Waals surface area contributed by atoms with Crippen LogP contribution in [-0.2, 0) is 4.79 Å². The van der Waals surface area contributed by atoms with Crippen molar-refractivity contribution in [1.29, 1.82) is 0 Å². The highest BCUT2D eigenvalue weighted by Gasteiger charge is 2.47. The Balaban J connectivity index is 2.27. The Labute approximate surface area is 114 Å². The van der Waals surface area contributed by atoms with E-state index in [1.54, 1.807) is 12.1 Å². The van der Waals surface area contributed by atoms with Gasteiger partial charge in [0.15, 0.2) is 6.10 Å². The molecule has 0 saturated carbocycles. The van der Waals surface area contributed by atoms with Crippen molar-refractivity contribution in [2.75, 3.05) is 0 Å². The minimum Gasteiger partial charge on any atom is -0.477 e. The highest BCUT2D eigenvalue weighted by molar-refractivity contribution is 5.76. The van der Waals surface area contributed by atoms with Gasteiger partial charge >= 0.3 is 11.9 Å². The molecule has 104 valence electrons. The smallest absolute Gasteiger partial charge is 0.377 e. The van der Waals surface area contributed by atoms with E-state index in [1.807, 2.05) is 30.3 Å². The monoisotopic (exact) mass is 278 g/mol. The summed E-state index contributed by atoms with van der Waals surface area (Å²) in [5.74, 6) is -6.56. The molecule has 0 aliphatic heterocycles. The summed E-state index contributed by atoms with van der Waals surface area (Å²) in [4.78, 5) is 10.4. The van der Waals surface area contributed by atoms with Gasteiger partial charge in [-0.05, 0) is 16.7 Å². The van der Waals surface area contributed by atoms with Crippen LogP contribution in [0.3, 0.4) is 0 Å². The summed E-state index contributed by atoms with van der Waals surface area (Å²) >= 11 is 0. The van der Waals surface area contributed by atoms with Gasteiger partial charge in [0, 0.05) is 0 Å². The fourth-order valence-electron chi connectivity index (χ4n) is 1.81. The molecule has 0 aromatic heterocycles. The van der Waals surface area contributed by atoms with Crippen molar-refractivity contribution < 1.29 is 23.8 Å². The van der Waals surface area contributed by atoms with Gasteiger partial charge in [0.1, 0.15) is 0 Å². The number of alkyl halides is 2. The van der Waals surface area contributed by atoms with Crippen molar-refractivity contribution >= 4 is 5.97 Å². The standard InChI is InChI=1S/C15H12F2O3/c16-15(17,14(19)20)13(18)12-8-6-11(7-9-12)10-4-2-1-3-5-10/h1-9,13,18H,(H,19,20). The third-order valence-corrected chi connectivity index (χ3v) is 2.96. The molecule has 5 heteroatoms. The van der Waals surface area contributed by atoms with E-state index in [1.165, 1.54) is 12.1 Å². The second-order valence-corrected chi connectivity index (χ2v) is 4.32. The average molecular weight is 278 g/mol. The first kappa shape index (κ1) is 14.1. The van der Waals surface area contributed by atoms with Gasteiger partial charge in [-0.15, -0.1) is 0 Å². The van der Waals surface area contributed by atoms with E-state index in [4.69, 9.17) is 5.11 Å². The maximum atomic E-state index is 13.2. The maximum Gasteiger partial charge on any atom is 0.377 e. The molecule has 0 amide bonds. The SMILES string of the molecule is O=C(O)C(F)(F)C(O)c1ccc(-c2ccccc2)cc1. The van der Waals surface area contributed by atoms with Gasteiger partial charge < -0.3 is 10.2 Å². The third kappa shape index (κ3) is 2.67. The van der Waals surface area contributed by atoms with Gasteiger partial charge in [-0.2, -0.15) is 8.78 Å². The van der Waals surface area contributed by atoms with Crippen LogP contribution in [0.1, 0.15) is 11.7 Å². The summed E-state index contributed by atoms with van der Waals surface area (Å²) in [6.45, 7) is 0. The van der Waals surface area contributed by atoms with Gasteiger partial charge in [0.2, 0.25) is 0 Å². The van der Waals surface area contributed by atoms with Crippen LogP contribution >= 0.6 is 0 Å². The number of aliphatic carboxylic acids is 1. The Morgan fingerprint density at radius 3 is 1.95 bits per heavy atom. The molecule has 0 heterocycles. The predicted octanol–water partition coefficient (Wildman–Crippen LogP) is 3.11. The number of carboxylic acids is 1. The molecule has 3 nitrogen and oxygen atoms in total. The number of rotatable bonds is 4. The molecular formula is C15H12F2O3. The molecule has 0 radical (unpaired) electrons. The minimum absolute atomic E-state index is 0.142.